The van der Waals surface area contributed by atoms with Crippen molar-refractivity contribution in [2.75, 3.05) is 5.73 Å². The summed E-state index contributed by atoms with van der Waals surface area (Å²) in [4.78, 5) is 0. The van der Waals surface area contributed by atoms with Gasteiger partial charge in [0, 0.05) is 16.1 Å². The first-order valence-electron chi connectivity index (χ1n) is 5.57. The Labute approximate surface area is 109 Å². The molecule has 84 valence electrons. The van der Waals surface area contributed by atoms with E-state index in [9.17, 15) is 0 Å². The summed E-state index contributed by atoms with van der Waals surface area (Å²) in [6, 6.07) is 16.6. The van der Waals surface area contributed by atoms with Gasteiger partial charge >= 0.3 is 0 Å². The summed E-state index contributed by atoms with van der Waals surface area (Å²) >= 11 is 3.67. The molecule has 17 heavy (non-hydrogen) atoms. The topological polar surface area (TPSA) is 26.0 Å². The summed E-state index contributed by atoms with van der Waals surface area (Å²) in [5, 5.41) is 0. The van der Waals surface area contributed by atoms with Gasteiger partial charge in [0.1, 0.15) is 0 Å². The molecule has 1 aliphatic carbocycles. The van der Waals surface area contributed by atoms with E-state index in [1.807, 2.05) is 18.2 Å². The minimum Gasteiger partial charge on any atom is -0.399 e. The fourth-order valence-corrected chi connectivity index (χ4v) is 3.10. The average molecular weight is 286 g/mol. The Hall–Kier alpha value is -1.54. The molecule has 1 nitrogen and oxygen atoms in total. The SMILES string of the molecule is Nc1ccc2c(c1)C=C(Br)C2c1ccccc1. The summed E-state index contributed by atoms with van der Waals surface area (Å²) in [7, 11) is 0. The monoisotopic (exact) mass is 285 g/mol. The Kier molecular flexibility index (Phi) is 2.52. The number of allylic oxidation sites excluding steroid dienone is 1. The number of anilines is 1. The van der Waals surface area contributed by atoms with Gasteiger partial charge in [0.05, 0.1) is 0 Å². The fraction of sp³-hybridized carbons (Fsp3) is 0.0667. The summed E-state index contributed by atoms with van der Waals surface area (Å²) < 4.78 is 1.20. The van der Waals surface area contributed by atoms with Crippen molar-refractivity contribution in [1.82, 2.24) is 0 Å². The fourth-order valence-electron chi connectivity index (χ4n) is 2.35. The largest absolute Gasteiger partial charge is 0.399 e. The Bertz CT molecular complexity index is 587. The molecular formula is C15H12BrN. The average Bonchev–Trinajstić information content (AvgIpc) is 2.65. The molecular weight excluding hydrogens is 274 g/mol. The van der Waals surface area contributed by atoms with E-state index < -0.39 is 0 Å². The first-order chi connectivity index (χ1) is 8.25. The third-order valence-electron chi connectivity index (χ3n) is 3.12. The van der Waals surface area contributed by atoms with Crippen molar-refractivity contribution in [2.24, 2.45) is 0 Å². The van der Waals surface area contributed by atoms with E-state index >= 15 is 0 Å². The third-order valence-corrected chi connectivity index (χ3v) is 3.81. The highest BCUT2D eigenvalue weighted by atomic mass is 79.9. The lowest BCUT2D eigenvalue weighted by molar-refractivity contribution is 1.04. The Morgan fingerprint density at radius 3 is 2.53 bits per heavy atom. The molecule has 0 fully saturated rings. The Morgan fingerprint density at radius 2 is 1.76 bits per heavy atom. The van der Waals surface area contributed by atoms with Crippen LogP contribution in [0.15, 0.2) is 53.0 Å². The lowest BCUT2D eigenvalue weighted by atomic mass is 9.93. The van der Waals surface area contributed by atoms with Crippen LogP contribution in [0.3, 0.4) is 0 Å². The molecule has 1 unspecified atom stereocenters. The van der Waals surface area contributed by atoms with Crippen LogP contribution in [0.1, 0.15) is 22.6 Å². The summed E-state index contributed by atoms with van der Waals surface area (Å²) in [6.45, 7) is 0. The Balaban J connectivity index is 2.13. The van der Waals surface area contributed by atoms with Crippen molar-refractivity contribution < 1.29 is 0 Å². The van der Waals surface area contributed by atoms with E-state index in [0.717, 1.165) is 5.69 Å². The van der Waals surface area contributed by atoms with Crippen molar-refractivity contribution >= 4 is 27.7 Å². The lowest BCUT2D eigenvalue weighted by Crippen LogP contribution is -1.98. The van der Waals surface area contributed by atoms with Crippen LogP contribution < -0.4 is 5.73 Å². The minimum absolute atomic E-state index is 0.312. The predicted molar refractivity (Wildman–Crippen MR) is 76.0 cm³/mol. The van der Waals surface area contributed by atoms with Crippen molar-refractivity contribution in [3.8, 4) is 0 Å². The van der Waals surface area contributed by atoms with Crippen LogP contribution in [-0.4, -0.2) is 0 Å². The standard InChI is InChI=1S/C15H12BrN/c16-14-9-11-8-12(17)6-7-13(11)15(14)10-4-2-1-3-5-10/h1-9,15H,17H2. The maximum absolute atomic E-state index is 5.82. The van der Waals surface area contributed by atoms with Gasteiger partial charge in [-0.2, -0.15) is 0 Å². The molecule has 2 N–H and O–H groups in total. The van der Waals surface area contributed by atoms with Crippen molar-refractivity contribution in [3.63, 3.8) is 0 Å². The number of nitrogen functional groups attached to an aromatic ring is 1. The molecule has 3 rings (SSSR count). The minimum atomic E-state index is 0.312. The number of hydrogen-bond acceptors (Lipinski definition) is 1. The molecule has 0 radical (unpaired) electrons. The number of rotatable bonds is 1. The molecule has 0 saturated carbocycles. The second-order valence-electron chi connectivity index (χ2n) is 4.26. The molecule has 2 aromatic carbocycles. The van der Waals surface area contributed by atoms with Crippen LogP contribution in [0.4, 0.5) is 5.69 Å². The molecule has 0 saturated heterocycles. The summed E-state index contributed by atoms with van der Waals surface area (Å²) in [5.74, 6) is 0.312. The van der Waals surface area contributed by atoms with Crippen LogP contribution in [0.25, 0.3) is 6.08 Å². The van der Waals surface area contributed by atoms with E-state index in [1.165, 1.54) is 21.2 Å². The van der Waals surface area contributed by atoms with Gasteiger partial charge in [0.2, 0.25) is 0 Å². The third kappa shape index (κ3) is 1.79. The normalized spacial score (nSPS) is 17.7. The smallest absolute Gasteiger partial charge is 0.0412 e. The second kappa shape index (κ2) is 4.04. The predicted octanol–water partition coefficient (Wildman–Crippen LogP) is 4.15. The van der Waals surface area contributed by atoms with Gasteiger partial charge in [-0.25, -0.2) is 0 Å². The molecule has 0 aliphatic heterocycles. The van der Waals surface area contributed by atoms with Gasteiger partial charge in [0.25, 0.3) is 0 Å². The second-order valence-corrected chi connectivity index (χ2v) is 5.18. The van der Waals surface area contributed by atoms with Gasteiger partial charge < -0.3 is 5.73 Å². The van der Waals surface area contributed by atoms with Crippen LogP contribution in [0, 0.1) is 0 Å². The highest BCUT2D eigenvalue weighted by Crippen LogP contribution is 2.44. The van der Waals surface area contributed by atoms with E-state index in [2.05, 4.69) is 52.3 Å². The van der Waals surface area contributed by atoms with E-state index in [1.54, 1.807) is 0 Å². The zero-order valence-corrected chi connectivity index (χ0v) is 10.8. The van der Waals surface area contributed by atoms with Crippen molar-refractivity contribution in [3.05, 3.63) is 69.7 Å². The first kappa shape index (κ1) is 10.6. The zero-order chi connectivity index (χ0) is 11.8. The number of benzene rings is 2. The van der Waals surface area contributed by atoms with Crippen molar-refractivity contribution in [1.29, 1.82) is 0 Å². The molecule has 0 aromatic heterocycles. The van der Waals surface area contributed by atoms with Crippen LogP contribution in [-0.2, 0) is 0 Å². The number of fused-ring (bicyclic) bond motifs is 1. The van der Waals surface area contributed by atoms with Gasteiger partial charge in [0.15, 0.2) is 0 Å². The molecule has 1 aliphatic rings. The highest BCUT2D eigenvalue weighted by Gasteiger charge is 2.24. The number of hydrogen-bond donors (Lipinski definition) is 1. The van der Waals surface area contributed by atoms with E-state index in [4.69, 9.17) is 5.73 Å². The van der Waals surface area contributed by atoms with Crippen molar-refractivity contribution in [2.45, 2.75) is 5.92 Å². The maximum Gasteiger partial charge on any atom is 0.0412 e. The van der Waals surface area contributed by atoms with E-state index in [-0.39, 0.29) is 0 Å². The molecule has 2 heteroatoms. The quantitative estimate of drug-likeness (QED) is 0.783. The van der Waals surface area contributed by atoms with Crippen LogP contribution in [0.5, 0.6) is 0 Å². The molecule has 2 aromatic rings. The van der Waals surface area contributed by atoms with Gasteiger partial charge in [-0.3, -0.25) is 0 Å². The summed E-state index contributed by atoms with van der Waals surface area (Å²) in [5.41, 5.74) is 10.5. The van der Waals surface area contributed by atoms with Gasteiger partial charge in [-0.15, -0.1) is 0 Å². The number of nitrogens with two attached hydrogens (primary N) is 1. The van der Waals surface area contributed by atoms with Gasteiger partial charge in [-0.05, 0) is 34.9 Å². The highest BCUT2D eigenvalue weighted by molar-refractivity contribution is 9.11. The molecule has 0 bridgehead atoms. The molecule has 0 amide bonds. The Morgan fingerprint density at radius 1 is 1.00 bits per heavy atom. The molecule has 0 spiro atoms. The summed E-state index contributed by atoms with van der Waals surface area (Å²) in [6.07, 6.45) is 2.16. The number of halogens is 1. The lowest BCUT2D eigenvalue weighted by Gasteiger charge is -2.14. The van der Waals surface area contributed by atoms with Crippen LogP contribution in [0.2, 0.25) is 0 Å². The maximum atomic E-state index is 5.82. The van der Waals surface area contributed by atoms with Gasteiger partial charge in [-0.1, -0.05) is 52.3 Å². The first-order valence-corrected chi connectivity index (χ1v) is 6.36. The molecule has 1 atom stereocenters. The zero-order valence-electron chi connectivity index (χ0n) is 9.23. The van der Waals surface area contributed by atoms with E-state index in [0.29, 0.717) is 5.92 Å². The molecule has 0 heterocycles. The van der Waals surface area contributed by atoms with Crippen LogP contribution >= 0.6 is 15.9 Å².